The van der Waals surface area contributed by atoms with Crippen molar-refractivity contribution in [2.75, 3.05) is 0 Å². The molecule has 27 heavy (non-hydrogen) atoms. The van der Waals surface area contributed by atoms with E-state index in [1.165, 1.54) is 12.1 Å². The average molecular weight is 358 g/mol. The van der Waals surface area contributed by atoms with Gasteiger partial charge in [-0.05, 0) is 34.9 Å². The highest BCUT2D eigenvalue weighted by Crippen LogP contribution is 2.33. The summed E-state index contributed by atoms with van der Waals surface area (Å²) in [5, 5.41) is 22.7. The molecule has 4 rings (SSSR count). The van der Waals surface area contributed by atoms with Gasteiger partial charge in [0.1, 0.15) is 0 Å². The Balaban J connectivity index is 1.73. The van der Waals surface area contributed by atoms with Gasteiger partial charge < -0.3 is 10.1 Å². The van der Waals surface area contributed by atoms with Crippen LogP contribution in [0, 0.1) is 10.1 Å². The summed E-state index contributed by atoms with van der Waals surface area (Å²) in [5.74, 6) is 0. The smallest absolute Gasteiger partial charge is 0.269 e. The molecule has 0 saturated carbocycles. The van der Waals surface area contributed by atoms with Gasteiger partial charge in [0.05, 0.1) is 11.0 Å². The number of aliphatic hydroxyl groups is 1. The zero-order valence-electron chi connectivity index (χ0n) is 14.5. The molecule has 1 heterocycles. The van der Waals surface area contributed by atoms with E-state index in [2.05, 4.69) is 4.98 Å². The number of nitro groups is 1. The molecule has 2 N–H and O–H groups in total. The maximum atomic E-state index is 10.8. The number of aliphatic hydroxyl groups excluding tert-OH is 1. The van der Waals surface area contributed by atoms with E-state index in [1.807, 2.05) is 54.6 Å². The minimum absolute atomic E-state index is 0.0167. The number of para-hydroxylation sites is 1. The zero-order valence-corrected chi connectivity index (χ0v) is 14.5. The maximum absolute atomic E-state index is 10.8. The third kappa shape index (κ3) is 3.32. The summed E-state index contributed by atoms with van der Waals surface area (Å²) in [7, 11) is 0. The SMILES string of the molecule is O=[N+]([O-])c1ccc(C(O)Cc2c(-c3ccccc3)[nH]c3ccccc23)cc1. The van der Waals surface area contributed by atoms with E-state index in [1.54, 1.807) is 12.1 Å². The Hall–Kier alpha value is -3.44. The van der Waals surface area contributed by atoms with Gasteiger partial charge in [0.25, 0.3) is 5.69 Å². The summed E-state index contributed by atoms with van der Waals surface area (Å²) in [6, 6.07) is 24.1. The number of hydrogen-bond acceptors (Lipinski definition) is 3. The van der Waals surface area contributed by atoms with Gasteiger partial charge >= 0.3 is 0 Å². The molecule has 0 aliphatic rings. The summed E-state index contributed by atoms with van der Waals surface area (Å²) in [6.07, 6.45) is -0.348. The largest absolute Gasteiger partial charge is 0.388 e. The van der Waals surface area contributed by atoms with Crippen molar-refractivity contribution in [2.24, 2.45) is 0 Å². The van der Waals surface area contributed by atoms with Gasteiger partial charge in [0.2, 0.25) is 0 Å². The van der Waals surface area contributed by atoms with Gasteiger partial charge in [0.15, 0.2) is 0 Å². The molecule has 1 atom stereocenters. The first-order valence-electron chi connectivity index (χ1n) is 8.71. The van der Waals surface area contributed by atoms with Crippen molar-refractivity contribution in [1.82, 2.24) is 4.98 Å². The standard InChI is InChI=1S/C22H18N2O3/c25-21(15-10-12-17(13-11-15)24(26)27)14-19-18-8-4-5-9-20(18)23-22(19)16-6-2-1-3-7-16/h1-13,21,23,25H,14H2. The first-order valence-corrected chi connectivity index (χ1v) is 8.71. The van der Waals surface area contributed by atoms with E-state index >= 15 is 0 Å². The van der Waals surface area contributed by atoms with Gasteiger partial charge in [-0.15, -0.1) is 0 Å². The van der Waals surface area contributed by atoms with Crippen LogP contribution in [0.3, 0.4) is 0 Å². The lowest BCUT2D eigenvalue weighted by Crippen LogP contribution is -2.03. The predicted octanol–water partition coefficient (Wildman–Crippen LogP) is 5.02. The minimum atomic E-state index is -0.757. The van der Waals surface area contributed by atoms with Crippen molar-refractivity contribution in [3.05, 3.63) is 100 Å². The molecule has 3 aromatic carbocycles. The number of non-ortho nitro benzene ring substituents is 1. The Kier molecular flexibility index (Phi) is 4.44. The number of aromatic amines is 1. The molecule has 1 aromatic heterocycles. The normalized spacial score (nSPS) is 12.2. The lowest BCUT2D eigenvalue weighted by Gasteiger charge is -2.12. The molecule has 0 radical (unpaired) electrons. The van der Waals surface area contributed by atoms with Crippen LogP contribution in [0.5, 0.6) is 0 Å². The molecule has 1 unspecified atom stereocenters. The number of benzene rings is 3. The number of H-pyrrole nitrogens is 1. The van der Waals surface area contributed by atoms with Crippen molar-refractivity contribution in [3.8, 4) is 11.3 Å². The van der Waals surface area contributed by atoms with Gasteiger partial charge in [-0.1, -0.05) is 48.5 Å². The number of nitrogens with one attached hydrogen (secondary N) is 1. The predicted molar refractivity (Wildman–Crippen MR) is 105 cm³/mol. The zero-order chi connectivity index (χ0) is 18.8. The van der Waals surface area contributed by atoms with Gasteiger partial charge in [-0.3, -0.25) is 10.1 Å². The number of fused-ring (bicyclic) bond motifs is 1. The molecule has 5 heteroatoms. The molecule has 5 nitrogen and oxygen atoms in total. The van der Waals surface area contributed by atoms with Gasteiger partial charge in [-0.25, -0.2) is 0 Å². The van der Waals surface area contributed by atoms with E-state index in [9.17, 15) is 15.2 Å². The Morgan fingerprint density at radius 2 is 1.59 bits per heavy atom. The highest BCUT2D eigenvalue weighted by atomic mass is 16.6. The highest BCUT2D eigenvalue weighted by Gasteiger charge is 2.18. The molecule has 0 amide bonds. The van der Waals surface area contributed by atoms with Crippen LogP contribution in [0.2, 0.25) is 0 Å². The Morgan fingerprint density at radius 3 is 2.30 bits per heavy atom. The lowest BCUT2D eigenvalue weighted by atomic mass is 9.96. The molecule has 0 fully saturated rings. The molecule has 134 valence electrons. The van der Waals surface area contributed by atoms with Crippen molar-refractivity contribution in [3.63, 3.8) is 0 Å². The molecule has 0 spiro atoms. The molecule has 4 aromatic rings. The third-order valence-corrected chi connectivity index (χ3v) is 4.76. The number of hydrogen-bond donors (Lipinski definition) is 2. The van der Waals surface area contributed by atoms with Crippen molar-refractivity contribution < 1.29 is 10.0 Å². The number of nitrogens with zero attached hydrogens (tertiary/aromatic N) is 1. The second-order valence-corrected chi connectivity index (χ2v) is 6.46. The minimum Gasteiger partial charge on any atom is -0.388 e. The van der Waals surface area contributed by atoms with Gasteiger partial charge in [0, 0.05) is 35.2 Å². The van der Waals surface area contributed by atoms with Crippen LogP contribution in [0.15, 0.2) is 78.9 Å². The molecule has 0 saturated heterocycles. The fraction of sp³-hybridized carbons (Fsp3) is 0.0909. The fourth-order valence-electron chi connectivity index (χ4n) is 3.39. The monoisotopic (exact) mass is 358 g/mol. The number of nitro benzene ring substituents is 1. The molecule has 0 bridgehead atoms. The lowest BCUT2D eigenvalue weighted by molar-refractivity contribution is -0.384. The summed E-state index contributed by atoms with van der Waals surface area (Å²) in [6.45, 7) is 0. The van der Waals surface area contributed by atoms with E-state index in [4.69, 9.17) is 0 Å². The number of aromatic nitrogens is 1. The quantitative estimate of drug-likeness (QED) is 0.388. The van der Waals surface area contributed by atoms with Crippen LogP contribution < -0.4 is 0 Å². The maximum Gasteiger partial charge on any atom is 0.269 e. The van der Waals surface area contributed by atoms with Crippen LogP contribution in [0.25, 0.3) is 22.2 Å². The topological polar surface area (TPSA) is 79.2 Å². The summed E-state index contributed by atoms with van der Waals surface area (Å²) < 4.78 is 0. The van der Waals surface area contributed by atoms with Crippen molar-refractivity contribution in [1.29, 1.82) is 0 Å². The van der Waals surface area contributed by atoms with Crippen LogP contribution in [-0.2, 0) is 6.42 Å². The first kappa shape index (κ1) is 17.0. The van der Waals surface area contributed by atoms with Crippen LogP contribution in [0.1, 0.15) is 17.2 Å². The summed E-state index contributed by atoms with van der Waals surface area (Å²) in [4.78, 5) is 13.8. The van der Waals surface area contributed by atoms with Gasteiger partial charge in [-0.2, -0.15) is 0 Å². The second kappa shape index (κ2) is 7.05. The van der Waals surface area contributed by atoms with Crippen LogP contribution in [0.4, 0.5) is 5.69 Å². The van der Waals surface area contributed by atoms with E-state index in [0.29, 0.717) is 12.0 Å². The van der Waals surface area contributed by atoms with Crippen LogP contribution in [-0.4, -0.2) is 15.0 Å². The second-order valence-electron chi connectivity index (χ2n) is 6.46. The summed E-state index contributed by atoms with van der Waals surface area (Å²) >= 11 is 0. The van der Waals surface area contributed by atoms with E-state index < -0.39 is 11.0 Å². The van der Waals surface area contributed by atoms with Crippen molar-refractivity contribution >= 4 is 16.6 Å². The van der Waals surface area contributed by atoms with E-state index in [-0.39, 0.29) is 5.69 Å². The summed E-state index contributed by atoms with van der Waals surface area (Å²) in [5.41, 5.74) is 4.76. The van der Waals surface area contributed by atoms with E-state index in [0.717, 1.165) is 27.7 Å². The molecular formula is C22H18N2O3. The number of rotatable bonds is 5. The highest BCUT2D eigenvalue weighted by molar-refractivity contribution is 5.90. The first-order chi connectivity index (χ1) is 13.1. The molecular weight excluding hydrogens is 340 g/mol. The molecule has 0 aliphatic heterocycles. The Labute approximate surface area is 156 Å². The molecule has 0 aliphatic carbocycles. The fourth-order valence-corrected chi connectivity index (χ4v) is 3.39. The Bertz CT molecular complexity index is 1090. The third-order valence-electron chi connectivity index (χ3n) is 4.76. The average Bonchev–Trinajstić information content (AvgIpc) is 3.07. The Morgan fingerprint density at radius 1 is 0.926 bits per heavy atom. The van der Waals surface area contributed by atoms with Crippen LogP contribution >= 0.6 is 0 Å². The van der Waals surface area contributed by atoms with Crippen molar-refractivity contribution in [2.45, 2.75) is 12.5 Å².